The lowest BCUT2D eigenvalue weighted by atomic mass is 10.1. The van der Waals surface area contributed by atoms with Gasteiger partial charge in [-0.1, -0.05) is 19.1 Å². The van der Waals surface area contributed by atoms with Crippen molar-refractivity contribution in [3.8, 4) is 5.75 Å². The van der Waals surface area contributed by atoms with E-state index in [1.54, 1.807) is 24.4 Å². The van der Waals surface area contributed by atoms with Gasteiger partial charge in [0.2, 0.25) is 4.34 Å². The second kappa shape index (κ2) is 9.52. The van der Waals surface area contributed by atoms with Crippen LogP contribution in [0.1, 0.15) is 52.5 Å². The summed E-state index contributed by atoms with van der Waals surface area (Å²) in [5.74, 6) is -0.482. The van der Waals surface area contributed by atoms with E-state index in [0.29, 0.717) is 30.1 Å². The molecular weight excluding hydrogens is 460 g/mol. The Morgan fingerprint density at radius 1 is 1.18 bits per heavy atom. The Balaban J connectivity index is 1.70. The average Bonchev–Trinajstić information content (AvgIpc) is 3.44. The zero-order valence-electron chi connectivity index (χ0n) is 18.6. The van der Waals surface area contributed by atoms with Crippen molar-refractivity contribution >= 4 is 33.0 Å². The van der Waals surface area contributed by atoms with Crippen LogP contribution in [-0.2, 0) is 29.5 Å². The van der Waals surface area contributed by atoms with Crippen LogP contribution in [0.5, 0.6) is 5.75 Å². The minimum Gasteiger partial charge on any atom is -0.487 e. The second-order valence-corrected chi connectivity index (χ2v) is 11.0. The van der Waals surface area contributed by atoms with Crippen LogP contribution >= 0.6 is 11.3 Å². The first-order valence-electron chi connectivity index (χ1n) is 10.8. The fourth-order valence-corrected chi connectivity index (χ4v) is 6.62. The van der Waals surface area contributed by atoms with E-state index in [9.17, 15) is 13.2 Å². The van der Waals surface area contributed by atoms with E-state index in [-0.39, 0.29) is 16.5 Å². The molecule has 0 aliphatic heterocycles. The highest BCUT2D eigenvalue weighted by atomic mass is 32.2. The molecule has 174 valence electrons. The number of thiazole rings is 1. The summed E-state index contributed by atoms with van der Waals surface area (Å²) < 4.78 is 34.7. The normalized spacial score (nSPS) is 13.0. The van der Waals surface area contributed by atoms with Crippen LogP contribution < -0.4 is 9.04 Å². The van der Waals surface area contributed by atoms with E-state index in [0.717, 1.165) is 41.7 Å². The SMILES string of the molecule is CCCN(c1cc2c(cc1OCc1ccc(C(=O)O)cc1)CCC2)S(=O)(=O)c1nc(C)cs1. The molecule has 0 saturated carbocycles. The van der Waals surface area contributed by atoms with Gasteiger partial charge in [0.1, 0.15) is 12.4 Å². The summed E-state index contributed by atoms with van der Waals surface area (Å²) in [5.41, 5.74) is 4.52. The molecule has 0 saturated heterocycles. The Labute approximate surface area is 197 Å². The van der Waals surface area contributed by atoms with Crippen molar-refractivity contribution in [2.45, 2.75) is 50.5 Å². The quantitative estimate of drug-likeness (QED) is 0.466. The topological polar surface area (TPSA) is 96.8 Å². The highest BCUT2D eigenvalue weighted by Gasteiger charge is 2.31. The van der Waals surface area contributed by atoms with Gasteiger partial charge in [0, 0.05) is 17.6 Å². The largest absolute Gasteiger partial charge is 0.487 e. The number of aromatic nitrogens is 1. The van der Waals surface area contributed by atoms with Gasteiger partial charge in [0.05, 0.1) is 11.3 Å². The number of benzene rings is 2. The van der Waals surface area contributed by atoms with Crippen LogP contribution in [-0.4, -0.2) is 31.0 Å². The molecule has 0 fully saturated rings. The fraction of sp³-hybridized carbons (Fsp3) is 0.333. The first kappa shape index (κ1) is 23.3. The number of aryl methyl sites for hydroxylation is 3. The van der Waals surface area contributed by atoms with Gasteiger partial charge < -0.3 is 9.84 Å². The third-order valence-corrected chi connectivity index (χ3v) is 8.74. The van der Waals surface area contributed by atoms with E-state index in [4.69, 9.17) is 9.84 Å². The number of anilines is 1. The molecular formula is C24H26N2O5S2. The highest BCUT2D eigenvalue weighted by Crippen LogP contribution is 2.39. The van der Waals surface area contributed by atoms with Crippen LogP contribution in [0.4, 0.5) is 5.69 Å². The van der Waals surface area contributed by atoms with Gasteiger partial charge in [-0.15, -0.1) is 11.3 Å². The molecule has 1 heterocycles. The van der Waals surface area contributed by atoms with Crippen molar-refractivity contribution in [1.29, 1.82) is 0 Å². The number of hydrogen-bond donors (Lipinski definition) is 1. The van der Waals surface area contributed by atoms with Crippen molar-refractivity contribution in [2.75, 3.05) is 10.8 Å². The fourth-order valence-electron chi connectivity index (χ4n) is 3.92. The number of carboxylic acids is 1. The Morgan fingerprint density at radius 2 is 1.88 bits per heavy atom. The maximum atomic E-state index is 13.5. The molecule has 9 heteroatoms. The molecule has 33 heavy (non-hydrogen) atoms. The number of sulfonamides is 1. The number of aromatic carboxylic acids is 1. The van der Waals surface area contributed by atoms with Crippen molar-refractivity contribution in [2.24, 2.45) is 0 Å². The van der Waals surface area contributed by atoms with E-state index in [1.165, 1.54) is 22.0 Å². The molecule has 0 amide bonds. The maximum Gasteiger partial charge on any atom is 0.335 e. The van der Waals surface area contributed by atoms with Gasteiger partial charge in [0.15, 0.2) is 0 Å². The number of rotatable bonds is 9. The number of ether oxygens (including phenoxy) is 1. The van der Waals surface area contributed by atoms with E-state index in [1.807, 2.05) is 19.1 Å². The van der Waals surface area contributed by atoms with Gasteiger partial charge in [-0.2, -0.15) is 8.42 Å². The van der Waals surface area contributed by atoms with Gasteiger partial charge in [0.25, 0.3) is 10.0 Å². The van der Waals surface area contributed by atoms with Crippen molar-refractivity contribution in [3.63, 3.8) is 0 Å². The summed E-state index contributed by atoms with van der Waals surface area (Å²) in [6, 6.07) is 10.4. The smallest absolute Gasteiger partial charge is 0.335 e. The van der Waals surface area contributed by atoms with Gasteiger partial charge in [-0.3, -0.25) is 4.31 Å². The second-order valence-electron chi connectivity index (χ2n) is 8.06. The predicted octanol–water partition coefficient (Wildman–Crippen LogP) is 4.82. The average molecular weight is 487 g/mol. The molecule has 7 nitrogen and oxygen atoms in total. The van der Waals surface area contributed by atoms with E-state index < -0.39 is 16.0 Å². The Hall–Kier alpha value is -2.91. The number of carboxylic acid groups (broad SMARTS) is 1. The minimum atomic E-state index is -3.84. The zero-order valence-corrected chi connectivity index (χ0v) is 20.2. The molecule has 0 unspecified atom stereocenters. The molecule has 1 aliphatic carbocycles. The predicted molar refractivity (Wildman–Crippen MR) is 128 cm³/mol. The standard InChI is InChI=1S/C24H26N2O5S2/c1-3-11-26(33(29,30)24-25-16(2)15-32-24)21-12-19-5-4-6-20(19)13-22(21)31-14-17-7-9-18(10-8-17)23(27)28/h7-10,12-13,15H,3-6,11,14H2,1-2H3,(H,27,28). The van der Waals surface area contributed by atoms with Crippen molar-refractivity contribution in [3.05, 3.63) is 69.7 Å². The molecule has 1 N–H and O–H groups in total. The molecule has 0 atom stereocenters. The maximum absolute atomic E-state index is 13.5. The Morgan fingerprint density at radius 3 is 2.48 bits per heavy atom. The summed E-state index contributed by atoms with van der Waals surface area (Å²) in [4.78, 5) is 15.3. The third-order valence-electron chi connectivity index (χ3n) is 5.57. The van der Waals surface area contributed by atoms with Gasteiger partial charge in [-0.25, -0.2) is 9.78 Å². The highest BCUT2D eigenvalue weighted by molar-refractivity contribution is 7.94. The summed E-state index contributed by atoms with van der Waals surface area (Å²) >= 11 is 1.12. The molecule has 0 radical (unpaired) electrons. The Kier molecular flexibility index (Phi) is 6.71. The first-order chi connectivity index (χ1) is 15.8. The van der Waals surface area contributed by atoms with E-state index >= 15 is 0 Å². The Bertz CT molecular complexity index is 1270. The summed E-state index contributed by atoms with van der Waals surface area (Å²) in [7, 11) is -3.84. The molecule has 1 aliphatic rings. The number of hydrogen-bond acceptors (Lipinski definition) is 6. The molecule has 4 rings (SSSR count). The first-order valence-corrected chi connectivity index (χ1v) is 13.2. The monoisotopic (exact) mass is 486 g/mol. The van der Waals surface area contributed by atoms with E-state index in [2.05, 4.69) is 4.98 Å². The molecule has 0 spiro atoms. The van der Waals surface area contributed by atoms with Crippen molar-refractivity contribution in [1.82, 2.24) is 4.98 Å². The number of fused-ring (bicyclic) bond motifs is 1. The van der Waals surface area contributed by atoms with Crippen LogP contribution in [0.25, 0.3) is 0 Å². The van der Waals surface area contributed by atoms with Crippen LogP contribution in [0.3, 0.4) is 0 Å². The number of carbonyl (C=O) groups is 1. The van der Waals surface area contributed by atoms with Crippen LogP contribution in [0.15, 0.2) is 46.1 Å². The molecule has 3 aromatic rings. The van der Waals surface area contributed by atoms with Crippen LogP contribution in [0, 0.1) is 6.92 Å². The summed E-state index contributed by atoms with van der Waals surface area (Å²) in [6.07, 6.45) is 3.51. The lowest BCUT2D eigenvalue weighted by Gasteiger charge is -2.26. The van der Waals surface area contributed by atoms with Crippen molar-refractivity contribution < 1.29 is 23.1 Å². The lowest BCUT2D eigenvalue weighted by molar-refractivity contribution is 0.0697. The lowest BCUT2D eigenvalue weighted by Crippen LogP contribution is -2.32. The zero-order chi connectivity index (χ0) is 23.6. The van der Waals surface area contributed by atoms with Crippen LogP contribution in [0.2, 0.25) is 0 Å². The third kappa shape index (κ3) is 4.89. The molecule has 2 aromatic carbocycles. The van der Waals surface area contributed by atoms with Gasteiger partial charge in [-0.05, 0) is 73.6 Å². The summed E-state index contributed by atoms with van der Waals surface area (Å²) in [6.45, 7) is 4.22. The minimum absolute atomic E-state index is 0.0733. The molecule has 1 aromatic heterocycles. The van der Waals surface area contributed by atoms with Gasteiger partial charge >= 0.3 is 5.97 Å². The summed E-state index contributed by atoms with van der Waals surface area (Å²) in [5, 5.41) is 10.8. The number of nitrogens with zero attached hydrogens (tertiary/aromatic N) is 2. The molecule has 0 bridgehead atoms.